The van der Waals surface area contributed by atoms with E-state index >= 15 is 0 Å². The maximum Gasteiger partial charge on any atom is 0.340 e. The first-order chi connectivity index (χ1) is 24.9. The second-order valence-corrected chi connectivity index (χ2v) is 15.0. The third kappa shape index (κ3) is 10.8. The van der Waals surface area contributed by atoms with E-state index in [0.717, 1.165) is 48.6 Å². The van der Waals surface area contributed by atoms with Crippen LogP contribution in [0.4, 0.5) is 17.1 Å². The second kappa shape index (κ2) is 21.2. The summed E-state index contributed by atoms with van der Waals surface area (Å²) in [6, 6.07) is 24.1. The minimum absolute atomic E-state index is 0.260. The summed E-state index contributed by atoms with van der Waals surface area (Å²) in [6.45, 7) is 13.4. The Bertz CT molecular complexity index is 1340. The van der Waals surface area contributed by atoms with Crippen molar-refractivity contribution in [1.82, 2.24) is 0 Å². The highest BCUT2D eigenvalue weighted by Gasteiger charge is 2.48. The van der Waals surface area contributed by atoms with E-state index in [0.29, 0.717) is 5.56 Å². The Kier molecular flexibility index (Phi) is 16.7. The van der Waals surface area contributed by atoms with Crippen molar-refractivity contribution in [3.8, 4) is 0 Å². The molecule has 1 heterocycles. The molecule has 280 valence electrons. The van der Waals surface area contributed by atoms with E-state index < -0.39 is 5.60 Å². The standard InChI is InChI=1S/C46H69N3O2/c1-7-11-15-19-33-48(34-20-16-12-8-2)40-27-23-38(24-28-40)46(44-32-31-42(47(5)6)37-43(44)45(50)51-46)39-25-29-41(30-26-39)49(35-21-17-13-9-3)36-22-18-14-10-4/h23-32,37H,7-22,33-36H2,1-6H3. The van der Waals surface area contributed by atoms with Gasteiger partial charge in [0.25, 0.3) is 0 Å². The summed E-state index contributed by atoms with van der Waals surface area (Å²) in [7, 11) is 4.03. The number of ether oxygens (including phenoxy) is 1. The molecule has 4 rings (SSSR count). The van der Waals surface area contributed by atoms with Gasteiger partial charge in [0.1, 0.15) is 0 Å². The smallest absolute Gasteiger partial charge is 0.340 e. The van der Waals surface area contributed by atoms with Gasteiger partial charge in [-0.3, -0.25) is 0 Å². The normalized spacial score (nSPS) is 13.3. The van der Waals surface area contributed by atoms with Gasteiger partial charge in [-0.1, -0.05) is 135 Å². The number of anilines is 3. The molecule has 0 spiro atoms. The Balaban J connectivity index is 1.71. The molecule has 5 heteroatoms. The molecule has 1 aliphatic heterocycles. The molecular weight excluding hydrogens is 627 g/mol. The van der Waals surface area contributed by atoms with Crippen LogP contribution in [0.15, 0.2) is 66.7 Å². The van der Waals surface area contributed by atoms with Crippen LogP contribution in [0.2, 0.25) is 0 Å². The van der Waals surface area contributed by atoms with E-state index in [9.17, 15) is 4.79 Å². The molecule has 0 N–H and O–H groups in total. The van der Waals surface area contributed by atoms with Gasteiger partial charge in [0.2, 0.25) is 0 Å². The van der Waals surface area contributed by atoms with Crippen molar-refractivity contribution in [2.45, 2.75) is 136 Å². The molecule has 0 aliphatic carbocycles. The zero-order valence-corrected chi connectivity index (χ0v) is 33.2. The SMILES string of the molecule is CCCCCCN(CCCCCC)c1ccc(C2(c3ccc(N(CCCCCC)CCCCCC)cc3)OC(=O)c3cc(N(C)C)ccc32)cc1. The Labute approximate surface area is 311 Å². The number of hydrogen-bond acceptors (Lipinski definition) is 5. The van der Waals surface area contributed by atoms with E-state index in [1.807, 2.05) is 25.1 Å². The van der Waals surface area contributed by atoms with Crippen LogP contribution in [0.3, 0.4) is 0 Å². The first-order valence-corrected chi connectivity index (χ1v) is 20.7. The number of rotatable bonds is 25. The van der Waals surface area contributed by atoms with Gasteiger partial charge >= 0.3 is 5.97 Å². The number of cyclic esters (lactones) is 1. The summed E-state index contributed by atoms with van der Waals surface area (Å²) in [5.41, 5.74) is 6.07. The Morgan fingerprint density at radius 2 is 0.863 bits per heavy atom. The predicted octanol–water partition coefficient (Wildman–Crippen LogP) is 12.1. The summed E-state index contributed by atoms with van der Waals surface area (Å²) in [5.74, 6) is -0.260. The lowest BCUT2D eigenvalue weighted by Crippen LogP contribution is -2.30. The molecule has 0 saturated carbocycles. The molecule has 0 amide bonds. The molecule has 0 saturated heterocycles. The maximum absolute atomic E-state index is 13.8. The van der Waals surface area contributed by atoms with Crippen molar-refractivity contribution >= 4 is 23.0 Å². The third-order valence-corrected chi connectivity index (χ3v) is 10.8. The van der Waals surface area contributed by atoms with Crippen LogP contribution >= 0.6 is 0 Å². The van der Waals surface area contributed by atoms with E-state index in [-0.39, 0.29) is 5.97 Å². The van der Waals surface area contributed by atoms with Crippen molar-refractivity contribution in [1.29, 1.82) is 0 Å². The summed E-state index contributed by atoms with van der Waals surface area (Å²) in [6.07, 6.45) is 20.1. The van der Waals surface area contributed by atoms with Crippen molar-refractivity contribution in [2.75, 3.05) is 55.0 Å². The number of hydrogen-bond donors (Lipinski definition) is 0. The van der Waals surface area contributed by atoms with Crippen LogP contribution in [0.5, 0.6) is 0 Å². The van der Waals surface area contributed by atoms with E-state index in [1.54, 1.807) is 0 Å². The number of esters is 1. The maximum atomic E-state index is 13.8. The molecule has 5 nitrogen and oxygen atoms in total. The number of unbranched alkanes of at least 4 members (excludes halogenated alkanes) is 12. The molecule has 0 radical (unpaired) electrons. The quantitative estimate of drug-likeness (QED) is 0.0651. The van der Waals surface area contributed by atoms with Crippen LogP contribution < -0.4 is 14.7 Å². The second-order valence-electron chi connectivity index (χ2n) is 15.0. The molecular formula is C46H69N3O2. The lowest BCUT2D eigenvalue weighted by atomic mass is 9.79. The molecule has 3 aromatic carbocycles. The largest absolute Gasteiger partial charge is 0.441 e. The highest BCUT2D eigenvalue weighted by Crippen LogP contribution is 2.48. The number of nitrogens with zero attached hydrogens (tertiary/aromatic N) is 3. The lowest BCUT2D eigenvalue weighted by molar-refractivity contribution is 0.0251. The van der Waals surface area contributed by atoms with Gasteiger partial charge in [-0.2, -0.15) is 0 Å². The Morgan fingerprint density at radius 1 is 0.490 bits per heavy atom. The van der Waals surface area contributed by atoms with Crippen molar-refractivity contribution in [3.63, 3.8) is 0 Å². The van der Waals surface area contributed by atoms with Crippen LogP contribution in [-0.2, 0) is 10.3 Å². The average molecular weight is 696 g/mol. The fourth-order valence-electron chi connectivity index (χ4n) is 7.60. The first kappa shape index (κ1) is 40.3. The van der Waals surface area contributed by atoms with Crippen LogP contribution in [0.25, 0.3) is 0 Å². The number of fused-ring (bicyclic) bond motifs is 1. The van der Waals surface area contributed by atoms with Gasteiger partial charge in [0, 0.05) is 74.0 Å². The summed E-state index contributed by atoms with van der Waals surface area (Å²) >= 11 is 0. The fraction of sp³-hybridized carbons (Fsp3) is 0.587. The molecule has 0 bridgehead atoms. The van der Waals surface area contributed by atoms with Gasteiger partial charge in [-0.15, -0.1) is 0 Å². The number of carbonyl (C=O) groups excluding carboxylic acids is 1. The highest BCUT2D eigenvalue weighted by molar-refractivity contribution is 5.97. The predicted molar refractivity (Wildman–Crippen MR) is 220 cm³/mol. The average Bonchev–Trinajstić information content (AvgIpc) is 3.45. The van der Waals surface area contributed by atoms with E-state index in [4.69, 9.17) is 4.74 Å². The minimum atomic E-state index is -1.01. The van der Waals surface area contributed by atoms with Crippen LogP contribution in [-0.4, -0.2) is 46.2 Å². The third-order valence-electron chi connectivity index (χ3n) is 10.8. The zero-order chi connectivity index (χ0) is 36.5. The topological polar surface area (TPSA) is 36.0 Å². The van der Waals surface area contributed by atoms with Crippen molar-refractivity contribution in [3.05, 3.63) is 89.0 Å². The molecule has 0 unspecified atom stereocenters. The Morgan fingerprint density at radius 3 is 1.22 bits per heavy atom. The van der Waals surface area contributed by atoms with Crippen LogP contribution in [0.1, 0.15) is 157 Å². The highest BCUT2D eigenvalue weighted by atomic mass is 16.6. The number of carbonyl (C=O) groups is 1. The van der Waals surface area contributed by atoms with Crippen molar-refractivity contribution < 1.29 is 9.53 Å². The number of benzene rings is 3. The van der Waals surface area contributed by atoms with Gasteiger partial charge < -0.3 is 19.4 Å². The first-order valence-electron chi connectivity index (χ1n) is 20.7. The molecule has 3 aromatic rings. The summed E-state index contributed by atoms with van der Waals surface area (Å²) < 4.78 is 6.61. The zero-order valence-electron chi connectivity index (χ0n) is 33.2. The Hall–Kier alpha value is -3.47. The monoisotopic (exact) mass is 696 g/mol. The molecule has 0 atom stereocenters. The molecule has 0 aromatic heterocycles. The van der Waals surface area contributed by atoms with Gasteiger partial charge in [-0.05, 0) is 62.1 Å². The van der Waals surface area contributed by atoms with E-state index in [2.05, 4.69) is 98.2 Å². The van der Waals surface area contributed by atoms with Crippen LogP contribution in [0, 0.1) is 0 Å². The van der Waals surface area contributed by atoms with Crippen molar-refractivity contribution in [2.24, 2.45) is 0 Å². The van der Waals surface area contributed by atoms with Gasteiger partial charge in [0.15, 0.2) is 5.60 Å². The van der Waals surface area contributed by atoms with Gasteiger partial charge in [0.05, 0.1) is 5.56 Å². The molecule has 0 fully saturated rings. The molecule has 1 aliphatic rings. The van der Waals surface area contributed by atoms with E-state index in [1.165, 1.54) is 114 Å². The lowest BCUT2D eigenvalue weighted by Gasteiger charge is -2.32. The van der Waals surface area contributed by atoms with Gasteiger partial charge in [-0.25, -0.2) is 4.79 Å². The minimum Gasteiger partial charge on any atom is -0.441 e. The molecule has 51 heavy (non-hydrogen) atoms. The summed E-state index contributed by atoms with van der Waals surface area (Å²) in [5, 5.41) is 0. The summed E-state index contributed by atoms with van der Waals surface area (Å²) in [4.78, 5) is 21.0. The fourth-order valence-corrected chi connectivity index (χ4v) is 7.60.